The van der Waals surface area contributed by atoms with Gasteiger partial charge in [0.2, 0.25) is 5.91 Å². The number of allylic oxidation sites excluding steroid dienone is 1. The van der Waals surface area contributed by atoms with E-state index in [1.165, 1.54) is 18.4 Å². The van der Waals surface area contributed by atoms with E-state index in [0.717, 1.165) is 0 Å². The van der Waals surface area contributed by atoms with E-state index >= 15 is 0 Å². The average molecular weight is 223 g/mol. The minimum Gasteiger partial charge on any atom is -0.375 e. The van der Waals surface area contributed by atoms with Gasteiger partial charge in [0.05, 0.1) is 18.8 Å². The van der Waals surface area contributed by atoms with Crippen LogP contribution in [0.2, 0.25) is 0 Å². The van der Waals surface area contributed by atoms with Crippen molar-refractivity contribution >= 4 is 5.91 Å². The molecule has 0 bridgehead atoms. The highest BCUT2D eigenvalue weighted by atomic mass is 16.5. The van der Waals surface area contributed by atoms with E-state index in [1.807, 2.05) is 24.8 Å². The number of ether oxygens (including phenoxy) is 1. The molecule has 0 unspecified atom stereocenters. The molecule has 3 heteroatoms. The highest BCUT2D eigenvalue weighted by Gasteiger charge is 2.28. The summed E-state index contributed by atoms with van der Waals surface area (Å²) in [4.78, 5) is 14.0. The molecule has 1 heterocycles. The van der Waals surface area contributed by atoms with Crippen LogP contribution in [0.15, 0.2) is 11.6 Å². The van der Waals surface area contributed by atoms with Crippen LogP contribution in [0, 0.1) is 5.92 Å². The van der Waals surface area contributed by atoms with Gasteiger partial charge in [-0.15, -0.1) is 0 Å². The van der Waals surface area contributed by atoms with E-state index in [9.17, 15) is 4.79 Å². The molecule has 1 amide bonds. The molecule has 2 rings (SSSR count). The standard InChI is InChI=1S/C13H21NO2/c1-9(12-4-5-12)6-13(15)14-7-11(3)16-8-10(14)2/h6,10-12H,4-5,7-8H2,1-3H3/b9-6+/t10-,11+/m1/s1. The molecule has 2 atom stereocenters. The first kappa shape index (κ1) is 11.6. The molecule has 1 saturated heterocycles. The summed E-state index contributed by atoms with van der Waals surface area (Å²) < 4.78 is 5.52. The predicted octanol–water partition coefficient (Wildman–Crippen LogP) is 1.98. The van der Waals surface area contributed by atoms with E-state index in [0.29, 0.717) is 19.1 Å². The Kier molecular flexibility index (Phi) is 3.33. The maximum atomic E-state index is 12.1. The number of hydrogen-bond donors (Lipinski definition) is 0. The number of amides is 1. The smallest absolute Gasteiger partial charge is 0.246 e. The van der Waals surface area contributed by atoms with Crippen LogP contribution in [0.25, 0.3) is 0 Å². The van der Waals surface area contributed by atoms with Crippen molar-refractivity contribution in [1.82, 2.24) is 4.90 Å². The second-order valence-electron chi connectivity index (χ2n) is 5.15. The largest absolute Gasteiger partial charge is 0.375 e. The number of carbonyl (C=O) groups excluding carboxylic acids is 1. The highest BCUT2D eigenvalue weighted by molar-refractivity contribution is 5.88. The minimum absolute atomic E-state index is 0.159. The monoisotopic (exact) mass is 223 g/mol. The number of rotatable bonds is 2. The second kappa shape index (κ2) is 4.58. The highest BCUT2D eigenvalue weighted by Crippen LogP contribution is 2.36. The van der Waals surface area contributed by atoms with Gasteiger partial charge in [-0.25, -0.2) is 0 Å². The molecule has 0 aromatic rings. The maximum absolute atomic E-state index is 12.1. The zero-order valence-electron chi connectivity index (χ0n) is 10.4. The van der Waals surface area contributed by atoms with E-state index in [2.05, 4.69) is 6.92 Å². The fraction of sp³-hybridized carbons (Fsp3) is 0.769. The first-order valence-corrected chi connectivity index (χ1v) is 6.18. The first-order chi connectivity index (χ1) is 7.58. The molecule has 16 heavy (non-hydrogen) atoms. The van der Waals surface area contributed by atoms with Crippen molar-refractivity contribution in [3.63, 3.8) is 0 Å². The summed E-state index contributed by atoms with van der Waals surface area (Å²) in [5.41, 5.74) is 1.25. The average Bonchev–Trinajstić information content (AvgIpc) is 3.04. The van der Waals surface area contributed by atoms with Crippen LogP contribution in [-0.4, -0.2) is 36.1 Å². The molecular weight excluding hydrogens is 202 g/mol. The van der Waals surface area contributed by atoms with Crippen molar-refractivity contribution < 1.29 is 9.53 Å². The summed E-state index contributed by atoms with van der Waals surface area (Å²) in [5, 5.41) is 0. The van der Waals surface area contributed by atoms with E-state index in [-0.39, 0.29) is 18.1 Å². The molecule has 3 nitrogen and oxygen atoms in total. The summed E-state index contributed by atoms with van der Waals surface area (Å²) in [7, 11) is 0. The van der Waals surface area contributed by atoms with Crippen molar-refractivity contribution in [3.05, 3.63) is 11.6 Å². The minimum atomic E-state index is 0.159. The van der Waals surface area contributed by atoms with E-state index in [4.69, 9.17) is 4.74 Å². The van der Waals surface area contributed by atoms with Crippen LogP contribution in [-0.2, 0) is 9.53 Å². The summed E-state index contributed by atoms with van der Waals surface area (Å²) in [5.74, 6) is 0.838. The van der Waals surface area contributed by atoms with Gasteiger partial charge in [0.1, 0.15) is 0 Å². The Balaban J connectivity index is 1.99. The molecule has 90 valence electrons. The van der Waals surface area contributed by atoms with Gasteiger partial charge in [-0.3, -0.25) is 4.79 Å². The molecule has 1 saturated carbocycles. The molecule has 2 fully saturated rings. The van der Waals surface area contributed by atoms with Crippen molar-refractivity contribution in [1.29, 1.82) is 0 Å². The predicted molar refractivity (Wildman–Crippen MR) is 63.1 cm³/mol. The van der Waals surface area contributed by atoms with Gasteiger partial charge in [-0.1, -0.05) is 5.57 Å². The second-order valence-corrected chi connectivity index (χ2v) is 5.15. The van der Waals surface area contributed by atoms with Gasteiger partial charge in [0.15, 0.2) is 0 Å². The van der Waals surface area contributed by atoms with Crippen LogP contribution in [0.5, 0.6) is 0 Å². The molecule has 1 aliphatic carbocycles. The molecule has 2 aliphatic rings. The first-order valence-electron chi connectivity index (χ1n) is 6.18. The molecule has 0 spiro atoms. The SMILES string of the molecule is C/C(=C\C(=O)N1C[C@H](C)OC[C@H]1C)C1CC1. The molecule has 0 N–H and O–H groups in total. The molecule has 1 aliphatic heterocycles. The van der Waals surface area contributed by atoms with Gasteiger partial charge in [0.25, 0.3) is 0 Å². The lowest BCUT2D eigenvalue weighted by Crippen LogP contribution is -2.49. The zero-order chi connectivity index (χ0) is 11.7. The van der Waals surface area contributed by atoms with Crippen molar-refractivity contribution in [3.8, 4) is 0 Å². The molecule has 0 aromatic heterocycles. The van der Waals surface area contributed by atoms with Crippen molar-refractivity contribution in [2.24, 2.45) is 5.92 Å². The van der Waals surface area contributed by atoms with Crippen LogP contribution < -0.4 is 0 Å². The van der Waals surface area contributed by atoms with Gasteiger partial charge in [-0.2, -0.15) is 0 Å². The van der Waals surface area contributed by atoms with Crippen LogP contribution >= 0.6 is 0 Å². The summed E-state index contributed by atoms with van der Waals surface area (Å²) >= 11 is 0. The third kappa shape index (κ3) is 2.64. The quantitative estimate of drug-likeness (QED) is 0.670. The number of nitrogens with zero attached hydrogens (tertiary/aromatic N) is 1. The normalized spacial score (nSPS) is 31.7. The van der Waals surface area contributed by atoms with Gasteiger partial charge < -0.3 is 9.64 Å². The number of hydrogen-bond acceptors (Lipinski definition) is 2. The Hall–Kier alpha value is -0.830. The van der Waals surface area contributed by atoms with Gasteiger partial charge in [-0.05, 0) is 39.5 Å². The summed E-state index contributed by atoms with van der Waals surface area (Å²) in [6.45, 7) is 7.51. The lowest BCUT2D eigenvalue weighted by molar-refractivity contribution is -0.137. The van der Waals surface area contributed by atoms with Crippen LogP contribution in [0.1, 0.15) is 33.6 Å². The van der Waals surface area contributed by atoms with Crippen molar-refractivity contribution in [2.45, 2.75) is 45.8 Å². The van der Waals surface area contributed by atoms with Gasteiger partial charge >= 0.3 is 0 Å². The Bertz CT molecular complexity index is 307. The zero-order valence-corrected chi connectivity index (χ0v) is 10.4. The maximum Gasteiger partial charge on any atom is 0.246 e. The fourth-order valence-electron chi connectivity index (χ4n) is 2.14. The number of morpholine rings is 1. The van der Waals surface area contributed by atoms with E-state index in [1.54, 1.807) is 0 Å². The third-order valence-corrected chi connectivity index (χ3v) is 3.46. The van der Waals surface area contributed by atoms with Gasteiger partial charge in [0, 0.05) is 12.6 Å². The van der Waals surface area contributed by atoms with Crippen LogP contribution in [0.3, 0.4) is 0 Å². The fourth-order valence-corrected chi connectivity index (χ4v) is 2.14. The lowest BCUT2D eigenvalue weighted by Gasteiger charge is -2.36. The Morgan fingerprint density at radius 2 is 2.06 bits per heavy atom. The topological polar surface area (TPSA) is 29.5 Å². The Morgan fingerprint density at radius 3 is 2.69 bits per heavy atom. The third-order valence-electron chi connectivity index (χ3n) is 3.46. The number of carbonyl (C=O) groups is 1. The summed E-state index contributed by atoms with van der Waals surface area (Å²) in [6.07, 6.45) is 4.50. The summed E-state index contributed by atoms with van der Waals surface area (Å²) in [6, 6.07) is 0.201. The Labute approximate surface area is 97.5 Å². The molecule has 0 aromatic carbocycles. The Morgan fingerprint density at radius 1 is 1.38 bits per heavy atom. The van der Waals surface area contributed by atoms with Crippen LogP contribution in [0.4, 0.5) is 0 Å². The molecular formula is C13H21NO2. The molecule has 0 radical (unpaired) electrons. The van der Waals surface area contributed by atoms with E-state index < -0.39 is 0 Å². The lowest BCUT2D eigenvalue weighted by atomic mass is 10.1. The van der Waals surface area contributed by atoms with Crippen molar-refractivity contribution in [2.75, 3.05) is 13.2 Å².